The topological polar surface area (TPSA) is 76.9 Å². The van der Waals surface area contributed by atoms with Crippen LogP contribution in [-0.2, 0) is 12.8 Å². The molecule has 0 saturated heterocycles. The lowest BCUT2D eigenvalue weighted by atomic mass is 9.94. The Balaban J connectivity index is 1.84. The fourth-order valence-corrected chi connectivity index (χ4v) is 2.94. The van der Waals surface area contributed by atoms with E-state index in [2.05, 4.69) is 11.1 Å². The summed E-state index contributed by atoms with van der Waals surface area (Å²) in [6.07, 6.45) is 2.77. The van der Waals surface area contributed by atoms with E-state index < -0.39 is 5.97 Å². The summed E-state index contributed by atoms with van der Waals surface area (Å²) in [6, 6.07) is 11.5. The van der Waals surface area contributed by atoms with Crippen LogP contribution in [0.1, 0.15) is 45.2 Å². The SMILES string of the molecule is N#Cc1cccc(CC2CCc3[nH]c(C(=O)O)cc32)c1. The predicted molar refractivity (Wildman–Crippen MR) is 73.7 cm³/mol. The van der Waals surface area contributed by atoms with Crippen molar-refractivity contribution < 1.29 is 9.90 Å². The van der Waals surface area contributed by atoms with Crippen molar-refractivity contribution >= 4 is 5.97 Å². The Morgan fingerprint density at radius 1 is 1.45 bits per heavy atom. The molecule has 1 unspecified atom stereocenters. The highest BCUT2D eigenvalue weighted by molar-refractivity contribution is 5.86. The summed E-state index contributed by atoms with van der Waals surface area (Å²) >= 11 is 0. The van der Waals surface area contributed by atoms with Crippen LogP contribution >= 0.6 is 0 Å². The summed E-state index contributed by atoms with van der Waals surface area (Å²) in [5.41, 5.74) is 4.22. The first kappa shape index (κ1) is 12.5. The molecule has 3 rings (SSSR count). The molecule has 1 atom stereocenters. The molecular weight excluding hydrogens is 252 g/mol. The zero-order valence-electron chi connectivity index (χ0n) is 10.9. The molecule has 100 valence electrons. The number of carbonyl (C=O) groups is 1. The summed E-state index contributed by atoms with van der Waals surface area (Å²) in [5.74, 6) is -0.576. The maximum Gasteiger partial charge on any atom is 0.352 e. The molecule has 0 radical (unpaired) electrons. The molecule has 1 aromatic carbocycles. The number of H-pyrrole nitrogens is 1. The Kier molecular flexibility index (Phi) is 3.03. The molecule has 2 N–H and O–H groups in total. The molecule has 4 heteroatoms. The van der Waals surface area contributed by atoms with Crippen LogP contribution in [0.2, 0.25) is 0 Å². The van der Waals surface area contributed by atoms with E-state index in [4.69, 9.17) is 10.4 Å². The molecule has 1 aliphatic carbocycles. The van der Waals surface area contributed by atoms with Gasteiger partial charge in [-0.2, -0.15) is 5.26 Å². The number of aromatic carboxylic acids is 1. The molecule has 20 heavy (non-hydrogen) atoms. The molecule has 1 aliphatic rings. The van der Waals surface area contributed by atoms with E-state index in [1.54, 1.807) is 12.1 Å². The highest BCUT2D eigenvalue weighted by atomic mass is 16.4. The van der Waals surface area contributed by atoms with Crippen molar-refractivity contribution in [3.8, 4) is 6.07 Å². The van der Waals surface area contributed by atoms with E-state index >= 15 is 0 Å². The molecule has 0 saturated carbocycles. The first-order valence-electron chi connectivity index (χ1n) is 6.61. The largest absolute Gasteiger partial charge is 0.477 e. The number of fused-ring (bicyclic) bond motifs is 1. The van der Waals surface area contributed by atoms with Crippen molar-refractivity contribution in [3.05, 3.63) is 58.4 Å². The van der Waals surface area contributed by atoms with E-state index in [1.807, 2.05) is 18.2 Å². The van der Waals surface area contributed by atoms with Crippen molar-refractivity contribution in [2.45, 2.75) is 25.2 Å². The Morgan fingerprint density at radius 2 is 2.30 bits per heavy atom. The molecule has 0 fully saturated rings. The molecule has 0 bridgehead atoms. The van der Waals surface area contributed by atoms with Crippen LogP contribution in [0, 0.1) is 11.3 Å². The molecule has 0 spiro atoms. The van der Waals surface area contributed by atoms with E-state index in [-0.39, 0.29) is 5.69 Å². The summed E-state index contributed by atoms with van der Waals surface area (Å²) in [7, 11) is 0. The Bertz CT molecular complexity index is 710. The van der Waals surface area contributed by atoms with Crippen molar-refractivity contribution in [2.75, 3.05) is 0 Å². The molecule has 2 aromatic rings. The fraction of sp³-hybridized carbons (Fsp3) is 0.250. The normalized spacial score (nSPS) is 16.6. The number of aromatic nitrogens is 1. The van der Waals surface area contributed by atoms with E-state index in [1.165, 1.54) is 0 Å². The molecule has 4 nitrogen and oxygen atoms in total. The van der Waals surface area contributed by atoms with Crippen LogP contribution < -0.4 is 0 Å². The van der Waals surface area contributed by atoms with Crippen molar-refractivity contribution in [1.82, 2.24) is 4.98 Å². The minimum absolute atomic E-state index is 0.269. The lowest BCUT2D eigenvalue weighted by molar-refractivity contribution is 0.0691. The van der Waals surface area contributed by atoms with Gasteiger partial charge >= 0.3 is 5.97 Å². The van der Waals surface area contributed by atoms with Gasteiger partial charge in [0.25, 0.3) is 0 Å². The van der Waals surface area contributed by atoms with Crippen molar-refractivity contribution in [3.63, 3.8) is 0 Å². The van der Waals surface area contributed by atoms with Gasteiger partial charge in [-0.3, -0.25) is 0 Å². The lowest BCUT2D eigenvalue weighted by Crippen LogP contribution is -2.00. The number of rotatable bonds is 3. The zero-order chi connectivity index (χ0) is 14.1. The number of hydrogen-bond donors (Lipinski definition) is 2. The third-order valence-electron chi connectivity index (χ3n) is 3.89. The van der Waals surface area contributed by atoms with Crippen molar-refractivity contribution in [2.24, 2.45) is 0 Å². The first-order chi connectivity index (χ1) is 9.67. The lowest BCUT2D eigenvalue weighted by Gasteiger charge is -2.10. The van der Waals surface area contributed by atoms with Crippen LogP contribution in [-0.4, -0.2) is 16.1 Å². The average molecular weight is 266 g/mol. The van der Waals surface area contributed by atoms with E-state index in [0.29, 0.717) is 11.5 Å². The second-order valence-corrected chi connectivity index (χ2v) is 5.17. The Labute approximate surface area is 116 Å². The van der Waals surface area contributed by atoms with Crippen LogP contribution in [0.3, 0.4) is 0 Å². The maximum atomic E-state index is 11.0. The van der Waals surface area contributed by atoms with Crippen LogP contribution in [0.5, 0.6) is 0 Å². The van der Waals surface area contributed by atoms with Crippen molar-refractivity contribution in [1.29, 1.82) is 5.26 Å². The number of aryl methyl sites for hydroxylation is 1. The molecular formula is C16H14N2O2. The molecule has 1 heterocycles. The van der Waals surface area contributed by atoms with E-state index in [9.17, 15) is 4.79 Å². The number of hydrogen-bond acceptors (Lipinski definition) is 2. The first-order valence-corrected chi connectivity index (χ1v) is 6.61. The number of nitriles is 1. The fourth-order valence-electron chi connectivity index (χ4n) is 2.94. The smallest absolute Gasteiger partial charge is 0.352 e. The Hall–Kier alpha value is -2.54. The second-order valence-electron chi connectivity index (χ2n) is 5.17. The van der Waals surface area contributed by atoms with E-state index in [0.717, 1.165) is 36.1 Å². The molecule has 1 aromatic heterocycles. The van der Waals surface area contributed by atoms with Gasteiger partial charge in [0.2, 0.25) is 0 Å². The highest BCUT2D eigenvalue weighted by Crippen LogP contribution is 2.36. The summed E-state index contributed by atoms with van der Waals surface area (Å²) in [5, 5.41) is 17.9. The zero-order valence-corrected chi connectivity index (χ0v) is 10.9. The monoisotopic (exact) mass is 266 g/mol. The summed E-state index contributed by atoms with van der Waals surface area (Å²) in [6.45, 7) is 0. The number of carboxylic acids is 1. The minimum Gasteiger partial charge on any atom is -0.477 e. The standard InChI is InChI=1S/C16H14N2O2/c17-9-11-3-1-2-10(6-11)7-12-4-5-14-13(12)8-15(18-14)16(19)20/h1-3,6,8,12,18H,4-5,7H2,(H,19,20). The molecule has 0 aliphatic heterocycles. The number of carboxylic acid groups (broad SMARTS) is 1. The van der Waals surface area contributed by atoms with Crippen LogP contribution in [0.25, 0.3) is 0 Å². The predicted octanol–water partition coefficient (Wildman–Crippen LogP) is 2.86. The van der Waals surface area contributed by atoms with Crippen LogP contribution in [0.15, 0.2) is 30.3 Å². The average Bonchev–Trinajstić information content (AvgIpc) is 3.01. The second kappa shape index (κ2) is 4.86. The number of nitrogens with zero attached hydrogens (tertiary/aromatic N) is 1. The third-order valence-corrected chi connectivity index (χ3v) is 3.89. The van der Waals surface area contributed by atoms with Gasteiger partial charge in [-0.1, -0.05) is 12.1 Å². The third kappa shape index (κ3) is 2.19. The van der Waals surface area contributed by atoms with Gasteiger partial charge in [0.1, 0.15) is 5.69 Å². The van der Waals surface area contributed by atoms with Gasteiger partial charge in [0, 0.05) is 5.69 Å². The molecule has 0 amide bonds. The van der Waals surface area contributed by atoms with Gasteiger partial charge in [-0.15, -0.1) is 0 Å². The highest BCUT2D eigenvalue weighted by Gasteiger charge is 2.26. The maximum absolute atomic E-state index is 11.0. The number of nitrogens with one attached hydrogen (secondary N) is 1. The van der Waals surface area contributed by atoms with Gasteiger partial charge < -0.3 is 10.1 Å². The summed E-state index contributed by atoms with van der Waals surface area (Å²) in [4.78, 5) is 14.0. The Morgan fingerprint density at radius 3 is 3.05 bits per heavy atom. The number of aromatic amines is 1. The summed E-state index contributed by atoms with van der Waals surface area (Å²) < 4.78 is 0. The minimum atomic E-state index is -0.912. The van der Waals surface area contributed by atoms with Gasteiger partial charge in [0.15, 0.2) is 0 Å². The van der Waals surface area contributed by atoms with Gasteiger partial charge in [-0.05, 0) is 54.5 Å². The van der Waals surface area contributed by atoms with Crippen LogP contribution in [0.4, 0.5) is 0 Å². The quantitative estimate of drug-likeness (QED) is 0.896. The number of benzene rings is 1. The van der Waals surface area contributed by atoms with Gasteiger partial charge in [-0.25, -0.2) is 4.79 Å². The van der Waals surface area contributed by atoms with Gasteiger partial charge in [0.05, 0.1) is 11.6 Å².